The molecule has 6 atom stereocenters. The molecule has 4 aromatic rings. The highest BCUT2D eigenvalue weighted by Gasteiger charge is 2.46. The number of rotatable bonds is 20. The number of benzene rings is 1. The van der Waals surface area contributed by atoms with Crippen molar-refractivity contribution in [2.24, 2.45) is 17.3 Å². The van der Waals surface area contributed by atoms with Crippen molar-refractivity contribution in [2.75, 3.05) is 11.9 Å². The quantitative estimate of drug-likeness (QED) is 0.0582. The molecular formula is C45H64N8O4S. The first kappa shape index (κ1) is 43.4. The van der Waals surface area contributed by atoms with Gasteiger partial charge in [-0.25, -0.2) is 9.97 Å². The van der Waals surface area contributed by atoms with Gasteiger partial charge in [-0.2, -0.15) is 9.61 Å². The van der Waals surface area contributed by atoms with Crippen molar-refractivity contribution < 1.29 is 19.5 Å². The van der Waals surface area contributed by atoms with Crippen LogP contribution in [0.15, 0.2) is 48.1 Å². The molecule has 2 saturated carbocycles. The zero-order valence-corrected chi connectivity index (χ0v) is 35.9. The van der Waals surface area contributed by atoms with Crippen molar-refractivity contribution in [3.63, 3.8) is 0 Å². The number of aliphatic hydroxyl groups excluding tert-OH is 1. The van der Waals surface area contributed by atoms with E-state index in [4.69, 9.17) is 4.98 Å². The van der Waals surface area contributed by atoms with Gasteiger partial charge in [0.15, 0.2) is 11.4 Å². The van der Waals surface area contributed by atoms with Crippen molar-refractivity contribution in [2.45, 2.75) is 149 Å². The number of nitrogens with zero attached hydrogens (tertiary/aromatic N) is 4. The Bertz CT molecular complexity index is 1970. The number of aliphatic hydroxyl groups is 1. The van der Waals surface area contributed by atoms with Gasteiger partial charge >= 0.3 is 0 Å². The Kier molecular flexibility index (Phi) is 15.1. The summed E-state index contributed by atoms with van der Waals surface area (Å²) in [6.07, 6.45) is 11.9. The second kappa shape index (κ2) is 20.2. The molecule has 0 aliphatic heterocycles. The van der Waals surface area contributed by atoms with Crippen LogP contribution in [0.2, 0.25) is 0 Å². The van der Waals surface area contributed by atoms with E-state index in [1.807, 2.05) is 47.3 Å². The monoisotopic (exact) mass is 812 g/mol. The first-order valence-electron chi connectivity index (χ1n) is 21.5. The van der Waals surface area contributed by atoms with Crippen molar-refractivity contribution >= 4 is 40.4 Å². The van der Waals surface area contributed by atoms with Crippen LogP contribution in [0.25, 0.3) is 16.1 Å². The number of thiazole rings is 1. The number of hydrogen-bond donors (Lipinski definition) is 5. The zero-order valence-electron chi connectivity index (χ0n) is 35.1. The van der Waals surface area contributed by atoms with Crippen molar-refractivity contribution in [3.05, 3.63) is 65.1 Å². The third-order valence-corrected chi connectivity index (χ3v) is 12.8. The maximum atomic E-state index is 14.1. The van der Waals surface area contributed by atoms with Crippen LogP contribution in [0, 0.1) is 24.2 Å². The molecule has 12 nitrogen and oxygen atoms in total. The minimum absolute atomic E-state index is 0.0116. The van der Waals surface area contributed by atoms with Crippen LogP contribution >= 0.6 is 11.3 Å². The van der Waals surface area contributed by atoms with E-state index in [9.17, 15) is 19.5 Å². The lowest BCUT2D eigenvalue weighted by Crippen LogP contribution is -2.51. The number of fused-ring (bicyclic) bond motifs is 1. The molecule has 58 heavy (non-hydrogen) atoms. The third-order valence-electron chi connectivity index (χ3n) is 11.8. The molecule has 0 bridgehead atoms. The Hall–Kier alpha value is -4.20. The summed E-state index contributed by atoms with van der Waals surface area (Å²) in [5.41, 5.74) is 6.49. The largest absolute Gasteiger partial charge is 0.393 e. The predicted molar refractivity (Wildman–Crippen MR) is 230 cm³/mol. The first-order chi connectivity index (χ1) is 27.9. The van der Waals surface area contributed by atoms with E-state index >= 15 is 0 Å². The van der Waals surface area contributed by atoms with E-state index in [0.29, 0.717) is 32.4 Å². The van der Waals surface area contributed by atoms with E-state index in [1.165, 1.54) is 0 Å². The van der Waals surface area contributed by atoms with Gasteiger partial charge in [0.2, 0.25) is 11.8 Å². The highest BCUT2D eigenvalue weighted by Crippen LogP contribution is 2.37. The minimum Gasteiger partial charge on any atom is -0.393 e. The maximum Gasteiger partial charge on any atom is 0.224 e. The summed E-state index contributed by atoms with van der Waals surface area (Å²) in [7, 11) is 0. The molecule has 2 aliphatic carbocycles. The summed E-state index contributed by atoms with van der Waals surface area (Å²) in [6.45, 7) is 11.4. The Morgan fingerprint density at radius 2 is 1.71 bits per heavy atom. The molecule has 6 rings (SSSR count). The molecule has 5 N–H and O–H groups in total. The first-order valence-corrected chi connectivity index (χ1v) is 22.4. The second-order valence-electron chi connectivity index (χ2n) is 17.6. The molecule has 13 heteroatoms. The standard InChI is InChI=1S/C45H64N8O4S/c1-6-12-32-24-39(53-38(50-32)20-22-49-53)51-33-18-19-34(23-33)52-40(55)13-10-8-7-9-11-21-46-43(45(3,4)5)41(56)36-25-35(54)26-37(36)44(57)47-27-30-14-16-31(17-15-30)42-29(2)48-28-58-42/h14-17,20,22,24,28,33-37,43,46,51,54H,6-13,18-19,21,23,25-27H2,1-5H3,(H,47,57)(H,52,55)/t33-,34?,35+,36?,37-,43-/m1/s1. The molecule has 314 valence electrons. The smallest absolute Gasteiger partial charge is 0.224 e. The van der Waals surface area contributed by atoms with Gasteiger partial charge in [-0.05, 0) is 81.4 Å². The maximum absolute atomic E-state index is 14.1. The minimum atomic E-state index is -0.674. The zero-order chi connectivity index (χ0) is 41.2. The molecule has 2 unspecified atom stereocenters. The fourth-order valence-corrected chi connectivity index (χ4v) is 9.54. The van der Waals surface area contributed by atoms with Crippen molar-refractivity contribution in [1.82, 2.24) is 35.5 Å². The summed E-state index contributed by atoms with van der Waals surface area (Å²) in [6, 6.07) is 12.2. The van der Waals surface area contributed by atoms with E-state index in [0.717, 1.165) is 103 Å². The van der Waals surface area contributed by atoms with Gasteiger partial charge in [0, 0.05) is 48.8 Å². The molecule has 3 heterocycles. The van der Waals surface area contributed by atoms with Crippen LogP contribution < -0.4 is 21.3 Å². The fraction of sp³-hybridized carbons (Fsp3) is 0.600. The number of carbonyl (C=O) groups excluding carboxylic acids is 3. The van der Waals surface area contributed by atoms with Crippen LogP contribution in [0.4, 0.5) is 5.82 Å². The summed E-state index contributed by atoms with van der Waals surface area (Å²) in [4.78, 5) is 50.5. The van der Waals surface area contributed by atoms with Gasteiger partial charge in [0.1, 0.15) is 5.82 Å². The van der Waals surface area contributed by atoms with E-state index < -0.39 is 24.0 Å². The predicted octanol–water partition coefficient (Wildman–Crippen LogP) is 7.18. The molecule has 0 spiro atoms. The molecule has 0 radical (unpaired) electrons. The molecule has 2 fully saturated rings. The summed E-state index contributed by atoms with van der Waals surface area (Å²) in [5, 5.41) is 28.6. The summed E-state index contributed by atoms with van der Waals surface area (Å²) >= 11 is 1.61. The summed E-state index contributed by atoms with van der Waals surface area (Å²) < 4.78 is 1.86. The van der Waals surface area contributed by atoms with E-state index in [1.54, 1.807) is 17.5 Å². The lowest BCUT2D eigenvalue weighted by molar-refractivity contribution is -0.135. The number of ketones is 1. The Labute approximate surface area is 347 Å². The fourth-order valence-electron chi connectivity index (χ4n) is 8.73. The molecular weight excluding hydrogens is 749 g/mol. The van der Waals surface area contributed by atoms with Crippen LogP contribution in [-0.2, 0) is 27.3 Å². The Morgan fingerprint density at radius 1 is 0.966 bits per heavy atom. The molecule has 2 aliphatic rings. The van der Waals surface area contributed by atoms with Crippen LogP contribution in [0.1, 0.15) is 122 Å². The topological polar surface area (TPSA) is 163 Å². The summed E-state index contributed by atoms with van der Waals surface area (Å²) in [5.74, 6) is -0.168. The number of amides is 2. The third kappa shape index (κ3) is 11.5. The number of unbranched alkanes of at least 4 members (excludes halogenated alkanes) is 4. The van der Waals surface area contributed by atoms with E-state index in [2.05, 4.69) is 65.1 Å². The highest BCUT2D eigenvalue weighted by molar-refractivity contribution is 7.13. The molecule has 1 aromatic carbocycles. The molecule has 2 amide bonds. The van der Waals surface area contributed by atoms with Gasteiger partial charge in [-0.1, -0.05) is 77.6 Å². The van der Waals surface area contributed by atoms with Gasteiger partial charge in [0.05, 0.1) is 40.3 Å². The Balaban J connectivity index is 0.872. The normalized spacial score (nSPS) is 21.3. The van der Waals surface area contributed by atoms with Crippen molar-refractivity contribution in [3.8, 4) is 10.4 Å². The average Bonchev–Trinajstić information content (AvgIpc) is 4.01. The van der Waals surface area contributed by atoms with Gasteiger partial charge in [-0.3, -0.25) is 14.4 Å². The number of Topliss-reactive ketones (excluding diaryl/α,β-unsaturated/α-hetero) is 1. The Morgan fingerprint density at radius 3 is 2.45 bits per heavy atom. The van der Waals surface area contributed by atoms with E-state index in [-0.39, 0.29) is 35.1 Å². The second-order valence-corrected chi connectivity index (χ2v) is 18.5. The highest BCUT2D eigenvalue weighted by atomic mass is 32.1. The molecule has 3 aromatic heterocycles. The van der Waals surface area contributed by atoms with Crippen LogP contribution in [-0.4, -0.2) is 73.1 Å². The lowest BCUT2D eigenvalue weighted by atomic mass is 9.77. The number of hydrogen-bond acceptors (Lipinski definition) is 10. The van der Waals surface area contributed by atoms with Gasteiger partial charge in [-0.15, -0.1) is 11.3 Å². The van der Waals surface area contributed by atoms with Crippen molar-refractivity contribution in [1.29, 1.82) is 0 Å². The number of anilines is 1. The lowest BCUT2D eigenvalue weighted by Gasteiger charge is -2.33. The molecule has 0 saturated heterocycles. The van der Waals surface area contributed by atoms with Gasteiger partial charge in [0.25, 0.3) is 0 Å². The average molecular weight is 813 g/mol. The SMILES string of the molecule is CCCc1cc(N[C@@H]2CCC(NC(=O)CCCCCCCN[C@H](C(=O)C3C[C@H](O)C[C@H]3C(=O)NCc3ccc(-c4scnc4C)cc3)C(C)(C)C)C2)n2nccc2n1. The van der Waals surface area contributed by atoms with Crippen LogP contribution in [0.5, 0.6) is 0 Å². The number of carbonyl (C=O) groups is 3. The number of aromatic nitrogens is 4. The van der Waals surface area contributed by atoms with Crippen LogP contribution in [0.3, 0.4) is 0 Å². The van der Waals surface area contributed by atoms with Gasteiger partial charge < -0.3 is 26.4 Å². The number of nitrogens with one attached hydrogen (secondary N) is 4. The number of aryl methyl sites for hydroxylation is 2.